The summed E-state index contributed by atoms with van der Waals surface area (Å²) in [6, 6.07) is 5.54. The summed E-state index contributed by atoms with van der Waals surface area (Å²) in [6.07, 6.45) is 1.99. The number of hydrogen-bond donors (Lipinski definition) is 0. The molecule has 0 fully saturated rings. The van der Waals surface area contributed by atoms with E-state index in [1.807, 2.05) is 12.1 Å². The summed E-state index contributed by atoms with van der Waals surface area (Å²) < 4.78 is 5.47. The van der Waals surface area contributed by atoms with E-state index in [0.717, 1.165) is 30.8 Å². The highest BCUT2D eigenvalue weighted by Crippen LogP contribution is 2.26. The van der Waals surface area contributed by atoms with Crippen LogP contribution in [0.25, 0.3) is 0 Å². The van der Waals surface area contributed by atoms with E-state index in [1.54, 1.807) is 13.0 Å². The first-order valence-corrected chi connectivity index (χ1v) is 5.56. The third kappa shape index (κ3) is 2.15. The zero-order valence-corrected chi connectivity index (χ0v) is 9.38. The van der Waals surface area contributed by atoms with Gasteiger partial charge in [-0.15, -0.1) is 11.6 Å². The number of alkyl halides is 1. The predicted octanol–water partition coefficient (Wildman–Crippen LogP) is 2.82. The predicted molar refractivity (Wildman–Crippen MR) is 59.9 cm³/mol. The van der Waals surface area contributed by atoms with Crippen molar-refractivity contribution in [3.63, 3.8) is 0 Å². The van der Waals surface area contributed by atoms with Gasteiger partial charge in [-0.05, 0) is 43.5 Å². The van der Waals surface area contributed by atoms with Crippen LogP contribution in [0.4, 0.5) is 0 Å². The number of halogens is 1. The number of ketones is 1. The number of benzene rings is 1. The van der Waals surface area contributed by atoms with Gasteiger partial charge in [-0.2, -0.15) is 0 Å². The first kappa shape index (κ1) is 10.5. The number of aryl methyl sites for hydroxylation is 1. The van der Waals surface area contributed by atoms with Gasteiger partial charge in [0.25, 0.3) is 0 Å². The van der Waals surface area contributed by atoms with E-state index >= 15 is 0 Å². The van der Waals surface area contributed by atoms with Gasteiger partial charge in [0, 0.05) is 5.56 Å². The van der Waals surface area contributed by atoms with Crippen LogP contribution in [0, 0.1) is 0 Å². The third-order valence-corrected chi connectivity index (χ3v) is 2.75. The first-order valence-electron chi connectivity index (χ1n) is 5.12. The smallest absolute Gasteiger partial charge is 0.180 e. The highest BCUT2D eigenvalue weighted by atomic mass is 35.5. The standard InChI is InChI=1S/C12H13ClO2/c1-8(13)12(14)10-4-5-11-9(7-10)3-2-6-15-11/h4-5,7-8H,2-3,6H2,1H3. The molecule has 1 atom stereocenters. The minimum Gasteiger partial charge on any atom is -0.493 e. The molecule has 0 amide bonds. The molecule has 0 aromatic heterocycles. The second kappa shape index (κ2) is 4.23. The van der Waals surface area contributed by atoms with Crippen molar-refractivity contribution in [1.29, 1.82) is 0 Å². The maximum absolute atomic E-state index is 11.7. The van der Waals surface area contributed by atoms with Crippen molar-refractivity contribution in [1.82, 2.24) is 0 Å². The highest BCUT2D eigenvalue weighted by molar-refractivity contribution is 6.33. The van der Waals surface area contributed by atoms with Crippen molar-refractivity contribution < 1.29 is 9.53 Å². The van der Waals surface area contributed by atoms with E-state index in [4.69, 9.17) is 16.3 Å². The van der Waals surface area contributed by atoms with Gasteiger partial charge >= 0.3 is 0 Å². The van der Waals surface area contributed by atoms with Gasteiger partial charge in [-0.25, -0.2) is 0 Å². The number of ether oxygens (including phenoxy) is 1. The first-order chi connectivity index (χ1) is 7.18. The molecular formula is C12H13ClO2. The van der Waals surface area contributed by atoms with E-state index in [1.165, 1.54) is 0 Å². The fourth-order valence-corrected chi connectivity index (χ4v) is 1.87. The molecule has 3 heteroatoms. The summed E-state index contributed by atoms with van der Waals surface area (Å²) in [6.45, 7) is 2.46. The van der Waals surface area contributed by atoms with Crippen molar-refractivity contribution in [2.24, 2.45) is 0 Å². The monoisotopic (exact) mass is 224 g/mol. The quantitative estimate of drug-likeness (QED) is 0.571. The Morgan fingerprint density at radius 1 is 1.53 bits per heavy atom. The molecule has 2 rings (SSSR count). The average molecular weight is 225 g/mol. The molecule has 1 aliphatic rings. The van der Waals surface area contributed by atoms with Crippen LogP contribution in [-0.2, 0) is 6.42 Å². The van der Waals surface area contributed by atoms with Gasteiger partial charge < -0.3 is 4.74 Å². The summed E-state index contributed by atoms with van der Waals surface area (Å²) in [4.78, 5) is 11.7. The Morgan fingerprint density at radius 2 is 2.33 bits per heavy atom. The Balaban J connectivity index is 2.32. The van der Waals surface area contributed by atoms with E-state index in [9.17, 15) is 4.79 Å². The summed E-state index contributed by atoms with van der Waals surface area (Å²) in [5, 5.41) is -0.465. The van der Waals surface area contributed by atoms with E-state index in [0.29, 0.717) is 5.56 Å². The topological polar surface area (TPSA) is 26.3 Å². The molecule has 1 aliphatic heterocycles. The highest BCUT2D eigenvalue weighted by Gasteiger charge is 2.16. The Morgan fingerprint density at radius 3 is 3.07 bits per heavy atom. The lowest BCUT2D eigenvalue weighted by Gasteiger charge is -2.17. The minimum atomic E-state index is -0.465. The largest absolute Gasteiger partial charge is 0.493 e. The molecule has 1 heterocycles. The molecule has 0 saturated carbocycles. The molecule has 1 aromatic rings. The number of rotatable bonds is 2. The molecule has 0 bridgehead atoms. The molecule has 0 spiro atoms. The summed E-state index contributed by atoms with van der Waals surface area (Å²) in [7, 11) is 0. The lowest BCUT2D eigenvalue weighted by Crippen LogP contribution is -2.13. The second-order valence-corrected chi connectivity index (χ2v) is 4.41. The van der Waals surface area contributed by atoms with Crippen molar-refractivity contribution in [2.75, 3.05) is 6.61 Å². The average Bonchev–Trinajstić information content (AvgIpc) is 2.27. The van der Waals surface area contributed by atoms with Crippen molar-refractivity contribution >= 4 is 17.4 Å². The van der Waals surface area contributed by atoms with Crippen LogP contribution in [0.2, 0.25) is 0 Å². The Hall–Kier alpha value is -1.02. The SMILES string of the molecule is CC(Cl)C(=O)c1ccc2c(c1)CCCO2. The number of Topliss-reactive ketones (excluding diaryl/α,β-unsaturated/α-hetero) is 1. The number of carbonyl (C=O) groups excluding carboxylic acids is 1. The molecule has 2 nitrogen and oxygen atoms in total. The lowest BCUT2D eigenvalue weighted by molar-refractivity contribution is 0.0991. The maximum atomic E-state index is 11.7. The Bertz CT molecular complexity index is 385. The third-order valence-electron chi connectivity index (χ3n) is 2.55. The summed E-state index contributed by atoms with van der Waals surface area (Å²) >= 11 is 5.77. The van der Waals surface area contributed by atoms with Crippen LogP contribution in [0.5, 0.6) is 5.75 Å². The van der Waals surface area contributed by atoms with E-state index in [2.05, 4.69) is 0 Å². The van der Waals surface area contributed by atoms with Crippen molar-refractivity contribution in [3.8, 4) is 5.75 Å². The number of carbonyl (C=O) groups is 1. The molecule has 1 aromatic carbocycles. The van der Waals surface area contributed by atoms with Crippen LogP contribution in [-0.4, -0.2) is 17.8 Å². The van der Waals surface area contributed by atoms with Gasteiger partial charge in [-0.3, -0.25) is 4.79 Å². The van der Waals surface area contributed by atoms with Gasteiger partial charge in [0.2, 0.25) is 0 Å². The molecule has 0 radical (unpaired) electrons. The number of fused-ring (bicyclic) bond motifs is 1. The van der Waals surface area contributed by atoms with Crippen LogP contribution in [0.1, 0.15) is 29.3 Å². The summed E-state index contributed by atoms with van der Waals surface area (Å²) in [5.74, 6) is 0.880. The maximum Gasteiger partial charge on any atom is 0.180 e. The minimum absolute atomic E-state index is 0.0231. The van der Waals surface area contributed by atoms with Crippen molar-refractivity contribution in [2.45, 2.75) is 25.1 Å². The Labute approximate surface area is 94.2 Å². The molecule has 80 valence electrons. The second-order valence-electron chi connectivity index (χ2n) is 3.75. The molecule has 0 N–H and O–H groups in total. The molecule has 15 heavy (non-hydrogen) atoms. The molecular weight excluding hydrogens is 212 g/mol. The van der Waals surface area contributed by atoms with Crippen LogP contribution >= 0.6 is 11.6 Å². The van der Waals surface area contributed by atoms with E-state index < -0.39 is 5.38 Å². The normalized spacial score (nSPS) is 16.4. The number of hydrogen-bond acceptors (Lipinski definition) is 2. The lowest BCUT2D eigenvalue weighted by atomic mass is 10.0. The van der Waals surface area contributed by atoms with Gasteiger partial charge in [0.05, 0.1) is 12.0 Å². The van der Waals surface area contributed by atoms with Crippen molar-refractivity contribution in [3.05, 3.63) is 29.3 Å². The Kier molecular flexibility index (Phi) is 2.96. The molecule has 0 aliphatic carbocycles. The fourth-order valence-electron chi connectivity index (χ4n) is 1.74. The van der Waals surface area contributed by atoms with Crippen LogP contribution in [0.3, 0.4) is 0 Å². The summed E-state index contributed by atoms with van der Waals surface area (Å²) in [5.41, 5.74) is 1.80. The van der Waals surface area contributed by atoms with Gasteiger partial charge in [0.15, 0.2) is 5.78 Å². The fraction of sp³-hybridized carbons (Fsp3) is 0.417. The van der Waals surface area contributed by atoms with Crippen LogP contribution in [0.15, 0.2) is 18.2 Å². The zero-order chi connectivity index (χ0) is 10.8. The zero-order valence-electron chi connectivity index (χ0n) is 8.63. The van der Waals surface area contributed by atoms with Gasteiger partial charge in [0.1, 0.15) is 5.75 Å². The molecule has 0 saturated heterocycles. The van der Waals surface area contributed by atoms with E-state index in [-0.39, 0.29) is 5.78 Å². The van der Waals surface area contributed by atoms with Gasteiger partial charge in [-0.1, -0.05) is 0 Å². The molecule has 1 unspecified atom stereocenters. The van der Waals surface area contributed by atoms with Crippen LogP contribution < -0.4 is 4.74 Å².